The number of para-hydroxylation sites is 7. The molecule has 0 unspecified atom stereocenters. The molecule has 14 aromatic rings. The number of aromatic nitrogens is 2. The van der Waals surface area contributed by atoms with Gasteiger partial charge in [0.2, 0.25) is 0 Å². The van der Waals surface area contributed by atoms with Crippen molar-refractivity contribution in [3.05, 3.63) is 261 Å². The third kappa shape index (κ3) is 5.81. The van der Waals surface area contributed by atoms with E-state index in [-0.39, 0.29) is 0 Å². The molecule has 338 valence electrons. The van der Waals surface area contributed by atoms with Crippen molar-refractivity contribution in [1.29, 1.82) is 0 Å². The van der Waals surface area contributed by atoms with Gasteiger partial charge in [-0.15, -0.1) is 0 Å². The Labute approximate surface area is 416 Å². The first-order chi connectivity index (χ1) is 35.7. The van der Waals surface area contributed by atoms with Gasteiger partial charge in [-0.3, -0.25) is 0 Å². The number of hydrogen-bond donors (Lipinski definition) is 0. The highest BCUT2D eigenvalue weighted by Gasteiger charge is 2.42. The largest absolute Gasteiger partial charge is 0.454 e. The Balaban J connectivity index is 1.07. The van der Waals surface area contributed by atoms with Gasteiger partial charge in [-0.1, -0.05) is 188 Å². The number of rotatable bonds is 7. The van der Waals surface area contributed by atoms with Gasteiger partial charge in [0.05, 0.1) is 39.1 Å². The summed E-state index contributed by atoms with van der Waals surface area (Å²) in [5.74, 6) is 1.64. The van der Waals surface area contributed by atoms with Crippen molar-refractivity contribution in [2.45, 2.75) is 0 Å². The lowest BCUT2D eigenvalue weighted by Crippen LogP contribution is -2.74. The van der Waals surface area contributed by atoms with Crippen LogP contribution in [0.3, 0.4) is 0 Å². The van der Waals surface area contributed by atoms with Crippen LogP contribution in [0.4, 0.5) is 17.1 Å². The molecule has 5 nitrogen and oxygen atoms in total. The highest BCUT2D eigenvalue weighted by Crippen LogP contribution is 2.51. The Hall–Kier alpha value is -9.36. The molecular formula is C66H43N3O2Si. The molecule has 72 heavy (non-hydrogen) atoms. The molecular weight excluding hydrogens is 895 g/mol. The van der Waals surface area contributed by atoms with E-state index >= 15 is 0 Å². The van der Waals surface area contributed by atoms with Crippen molar-refractivity contribution < 1.29 is 9.15 Å². The first kappa shape index (κ1) is 40.5. The Morgan fingerprint density at radius 2 is 0.861 bits per heavy atom. The molecule has 0 atom stereocenters. The zero-order valence-electron chi connectivity index (χ0n) is 39.0. The number of ether oxygens (including phenoxy) is 1. The van der Waals surface area contributed by atoms with Crippen molar-refractivity contribution in [2.75, 3.05) is 4.90 Å². The molecule has 0 fully saturated rings. The van der Waals surface area contributed by atoms with Gasteiger partial charge in [-0.2, -0.15) is 0 Å². The second kappa shape index (κ2) is 15.8. The van der Waals surface area contributed by atoms with Crippen molar-refractivity contribution in [1.82, 2.24) is 9.13 Å². The number of benzene rings is 11. The molecule has 4 heterocycles. The summed E-state index contributed by atoms with van der Waals surface area (Å²) < 4.78 is 18.2. The van der Waals surface area contributed by atoms with Gasteiger partial charge in [0.1, 0.15) is 5.58 Å². The summed E-state index contributed by atoms with van der Waals surface area (Å²) in [4.78, 5) is 2.33. The molecule has 15 rings (SSSR count). The van der Waals surface area contributed by atoms with E-state index in [1.54, 1.807) is 0 Å². The zero-order chi connectivity index (χ0) is 47.3. The molecule has 0 amide bonds. The fourth-order valence-electron chi connectivity index (χ4n) is 12.0. The van der Waals surface area contributed by atoms with E-state index in [9.17, 15) is 0 Å². The van der Waals surface area contributed by atoms with Gasteiger partial charge in [-0.25, -0.2) is 0 Å². The Kier molecular flexibility index (Phi) is 8.91. The second-order valence-electron chi connectivity index (χ2n) is 18.8. The average Bonchev–Trinajstić information content (AvgIpc) is 4.11. The maximum absolute atomic E-state index is 6.77. The first-order valence-electron chi connectivity index (χ1n) is 24.6. The summed E-state index contributed by atoms with van der Waals surface area (Å²) in [6.07, 6.45) is 0. The summed E-state index contributed by atoms with van der Waals surface area (Å²) in [7, 11) is -2.89. The second-order valence-corrected chi connectivity index (χ2v) is 22.6. The van der Waals surface area contributed by atoms with E-state index in [2.05, 4.69) is 257 Å². The maximum Gasteiger partial charge on any atom is 0.179 e. The quantitative estimate of drug-likeness (QED) is 0.118. The number of fused-ring (bicyclic) bond motifs is 12. The van der Waals surface area contributed by atoms with Crippen molar-refractivity contribution in [3.63, 3.8) is 0 Å². The lowest BCUT2D eigenvalue weighted by atomic mass is 10.1. The van der Waals surface area contributed by atoms with E-state index in [0.29, 0.717) is 0 Å². The number of nitrogens with zero attached hydrogens (tertiary/aromatic N) is 3. The van der Waals surface area contributed by atoms with Gasteiger partial charge < -0.3 is 23.2 Å². The normalized spacial score (nSPS) is 12.5. The van der Waals surface area contributed by atoms with Crippen LogP contribution < -0.4 is 30.4 Å². The molecule has 0 aliphatic carbocycles. The van der Waals surface area contributed by atoms with Crippen LogP contribution in [-0.2, 0) is 0 Å². The Morgan fingerprint density at radius 1 is 0.319 bits per heavy atom. The highest BCUT2D eigenvalue weighted by molar-refractivity contribution is 7.20. The summed E-state index contributed by atoms with van der Waals surface area (Å²) in [5.41, 5.74) is 11.4. The SMILES string of the molecule is c1ccc([Si](c2ccccc2)(c2ccccc2)c2ccc3c(c2)c2ccc4c(c5ccccc5n4-c4cccc5c4oc4ccccc45)c2n3-c2cccc(N3c4ccccc4Oc4ccccc43)c2)cc1. The molecule has 0 N–H and O–H groups in total. The molecule has 0 spiro atoms. The van der Waals surface area contributed by atoms with Crippen LogP contribution in [0.1, 0.15) is 0 Å². The molecule has 3 aromatic heterocycles. The van der Waals surface area contributed by atoms with E-state index < -0.39 is 8.07 Å². The van der Waals surface area contributed by atoms with Gasteiger partial charge in [0, 0.05) is 43.7 Å². The van der Waals surface area contributed by atoms with Crippen LogP contribution in [0.2, 0.25) is 0 Å². The molecule has 0 saturated heterocycles. The maximum atomic E-state index is 6.77. The summed E-state index contributed by atoms with van der Waals surface area (Å²) in [6.45, 7) is 0. The Morgan fingerprint density at radius 3 is 1.57 bits per heavy atom. The van der Waals surface area contributed by atoms with Crippen molar-refractivity contribution in [3.8, 4) is 22.9 Å². The number of hydrogen-bond acceptors (Lipinski definition) is 3. The standard InChI is InChI=1S/C66H43N3O2Si/c1-4-22-46(23-5-1)72(47-24-6-2-7-25-47,48-26-8-3-9-27-48)49-38-40-56-54(43-49)51-39-41-59-64(53-29-10-12-31-55(53)69(59)60-34-19-30-52-50-28-11-15-35-61(50)71-66(52)60)65(51)68(56)45-21-18-20-44(42-45)67-57-32-13-16-36-62(57)70-63-37-17-14-33-58(63)67/h1-43H. The molecule has 1 aliphatic heterocycles. The molecule has 11 aromatic carbocycles. The van der Waals surface area contributed by atoms with Gasteiger partial charge >= 0.3 is 0 Å². The van der Waals surface area contributed by atoms with Crippen LogP contribution >= 0.6 is 0 Å². The lowest BCUT2D eigenvalue weighted by Gasteiger charge is -2.34. The molecule has 0 radical (unpaired) electrons. The van der Waals surface area contributed by atoms with Gasteiger partial charge in [0.25, 0.3) is 0 Å². The van der Waals surface area contributed by atoms with E-state index in [0.717, 1.165) is 83.9 Å². The molecule has 1 aliphatic rings. The highest BCUT2D eigenvalue weighted by atomic mass is 28.3. The number of anilines is 3. The van der Waals surface area contributed by atoms with Gasteiger partial charge in [0.15, 0.2) is 25.2 Å². The average molecular weight is 938 g/mol. The molecule has 0 bridgehead atoms. The van der Waals surface area contributed by atoms with Crippen molar-refractivity contribution in [2.24, 2.45) is 0 Å². The minimum atomic E-state index is -2.89. The third-order valence-corrected chi connectivity index (χ3v) is 19.8. The smallest absolute Gasteiger partial charge is 0.179 e. The zero-order valence-corrected chi connectivity index (χ0v) is 40.0. The number of furan rings is 1. The molecule has 6 heteroatoms. The first-order valence-corrected chi connectivity index (χ1v) is 26.6. The minimum absolute atomic E-state index is 0.822. The predicted molar refractivity (Wildman–Crippen MR) is 301 cm³/mol. The topological polar surface area (TPSA) is 35.5 Å². The van der Waals surface area contributed by atoms with Crippen LogP contribution in [-0.4, -0.2) is 17.2 Å². The summed E-state index contributed by atoms with van der Waals surface area (Å²) >= 11 is 0. The van der Waals surface area contributed by atoms with Gasteiger partial charge in [-0.05, 0) is 93.5 Å². The van der Waals surface area contributed by atoms with E-state index in [1.165, 1.54) is 42.3 Å². The van der Waals surface area contributed by atoms with E-state index in [1.807, 2.05) is 18.2 Å². The fraction of sp³-hybridized carbons (Fsp3) is 0. The summed E-state index contributed by atoms with van der Waals surface area (Å²) in [6, 6.07) is 95.1. The van der Waals surface area contributed by atoms with Crippen LogP contribution in [0.5, 0.6) is 11.5 Å². The minimum Gasteiger partial charge on any atom is -0.454 e. The Bertz CT molecular complexity index is 4300. The van der Waals surface area contributed by atoms with Crippen LogP contribution in [0.25, 0.3) is 76.9 Å². The van der Waals surface area contributed by atoms with Crippen LogP contribution in [0, 0.1) is 0 Å². The van der Waals surface area contributed by atoms with Crippen LogP contribution in [0.15, 0.2) is 265 Å². The third-order valence-electron chi connectivity index (χ3n) is 15.0. The fourth-order valence-corrected chi connectivity index (χ4v) is 16.8. The monoisotopic (exact) mass is 937 g/mol. The molecule has 0 saturated carbocycles. The van der Waals surface area contributed by atoms with E-state index in [4.69, 9.17) is 9.15 Å². The predicted octanol–water partition coefficient (Wildman–Crippen LogP) is 14.7. The van der Waals surface area contributed by atoms with Crippen molar-refractivity contribution >= 4 is 111 Å². The lowest BCUT2D eigenvalue weighted by molar-refractivity contribution is 0.477. The summed E-state index contributed by atoms with van der Waals surface area (Å²) in [5, 5.41) is 12.3.